The highest BCUT2D eigenvalue weighted by Gasteiger charge is 2.27. The number of ketones is 1. The van der Waals surface area contributed by atoms with Crippen LogP contribution in [0.2, 0.25) is 0 Å². The molecular formula is C21H23N3O2. The summed E-state index contributed by atoms with van der Waals surface area (Å²) in [6.07, 6.45) is 5.26. The van der Waals surface area contributed by atoms with Gasteiger partial charge in [0.05, 0.1) is 6.20 Å². The summed E-state index contributed by atoms with van der Waals surface area (Å²) in [6.45, 7) is 2.35. The van der Waals surface area contributed by atoms with Gasteiger partial charge in [0, 0.05) is 6.20 Å². The average Bonchev–Trinajstić information content (AvgIpc) is 3.13. The standard InChI is InChI=1S/C21H23N3O2/c1-16(25)20(24(2)14-8-11-17-9-4-3-5-10-17)21-23-15-19(26-21)18-12-6-7-13-22-18/h3-7,9-10,12-13,15,20H,8,11,14H2,1-2H3. The molecule has 0 bridgehead atoms. The molecule has 0 aliphatic carbocycles. The van der Waals surface area contributed by atoms with E-state index in [2.05, 4.69) is 22.1 Å². The first-order chi connectivity index (χ1) is 12.6. The lowest BCUT2D eigenvalue weighted by molar-refractivity contribution is -0.122. The molecule has 0 saturated carbocycles. The third-order valence-electron chi connectivity index (χ3n) is 4.32. The summed E-state index contributed by atoms with van der Waals surface area (Å²) in [7, 11) is 1.93. The van der Waals surface area contributed by atoms with Gasteiger partial charge in [0.25, 0.3) is 0 Å². The molecule has 1 atom stereocenters. The molecule has 0 fully saturated rings. The Labute approximate surface area is 153 Å². The van der Waals surface area contributed by atoms with E-state index in [-0.39, 0.29) is 5.78 Å². The Hall–Kier alpha value is -2.79. The lowest BCUT2D eigenvalue weighted by Crippen LogP contribution is -2.31. The van der Waals surface area contributed by atoms with Crippen LogP contribution in [-0.2, 0) is 11.2 Å². The van der Waals surface area contributed by atoms with Gasteiger partial charge in [-0.05, 0) is 51.1 Å². The first-order valence-corrected chi connectivity index (χ1v) is 8.77. The fraction of sp³-hybridized carbons (Fsp3) is 0.286. The number of rotatable bonds is 8. The summed E-state index contributed by atoms with van der Waals surface area (Å²) in [6, 6.07) is 15.5. The zero-order valence-corrected chi connectivity index (χ0v) is 15.1. The normalized spacial score (nSPS) is 12.3. The molecule has 0 N–H and O–H groups in total. The van der Waals surface area contributed by atoms with Gasteiger partial charge in [0.15, 0.2) is 11.5 Å². The minimum Gasteiger partial charge on any atom is -0.437 e. The molecule has 0 aliphatic rings. The van der Waals surface area contributed by atoms with Crippen LogP contribution in [0.1, 0.15) is 30.8 Å². The van der Waals surface area contributed by atoms with E-state index >= 15 is 0 Å². The minimum atomic E-state index is -0.483. The van der Waals surface area contributed by atoms with Crippen molar-refractivity contribution < 1.29 is 9.21 Å². The molecular weight excluding hydrogens is 326 g/mol. The van der Waals surface area contributed by atoms with Crippen LogP contribution in [-0.4, -0.2) is 34.2 Å². The van der Waals surface area contributed by atoms with E-state index in [0.29, 0.717) is 17.3 Å². The predicted octanol–water partition coefficient (Wildman–Crippen LogP) is 3.93. The Balaban J connectivity index is 1.67. The highest BCUT2D eigenvalue weighted by molar-refractivity contribution is 5.81. The highest BCUT2D eigenvalue weighted by Crippen LogP contribution is 2.25. The van der Waals surface area contributed by atoms with Gasteiger partial charge in [-0.15, -0.1) is 0 Å². The van der Waals surface area contributed by atoms with Crippen LogP contribution in [0, 0.1) is 0 Å². The molecule has 0 spiro atoms. The lowest BCUT2D eigenvalue weighted by atomic mass is 10.1. The van der Waals surface area contributed by atoms with Crippen molar-refractivity contribution in [2.45, 2.75) is 25.8 Å². The van der Waals surface area contributed by atoms with Crippen molar-refractivity contribution in [1.82, 2.24) is 14.9 Å². The number of aryl methyl sites for hydroxylation is 1. The van der Waals surface area contributed by atoms with Gasteiger partial charge in [-0.2, -0.15) is 0 Å². The molecule has 26 heavy (non-hydrogen) atoms. The highest BCUT2D eigenvalue weighted by atomic mass is 16.4. The Morgan fingerprint density at radius 1 is 1.12 bits per heavy atom. The number of benzene rings is 1. The van der Waals surface area contributed by atoms with Crippen molar-refractivity contribution in [2.75, 3.05) is 13.6 Å². The van der Waals surface area contributed by atoms with Gasteiger partial charge in [0.1, 0.15) is 11.7 Å². The summed E-state index contributed by atoms with van der Waals surface area (Å²) >= 11 is 0. The number of carbonyl (C=O) groups excluding carboxylic acids is 1. The summed E-state index contributed by atoms with van der Waals surface area (Å²) in [5.74, 6) is 1.01. The summed E-state index contributed by atoms with van der Waals surface area (Å²) < 4.78 is 5.84. The monoisotopic (exact) mass is 349 g/mol. The van der Waals surface area contributed by atoms with Crippen molar-refractivity contribution in [3.8, 4) is 11.5 Å². The van der Waals surface area contributed by atoms with E-state index in [1.54, 1.807) is 19.3 Å². The van der Waals surface area contributed by atoms with E-state index in [0.717, 1.165) is 19.4 Å². The second kappa shape index (κ2) is 8.54. The zero-order valence-electron chi connectivity index (χ0n) is 15.1. The Morgan fingerprint density at radius 3 is 2.58 bits per heavy atom. The SMILES string of the molecule is CC(=O)C(c1ncc(-c2ccccn2)o1)N(C)CCCc1ccccc1. The average molecular weight is 349 g/mol. The Bertz CT molecular complexity index is 831. The molecule has 0 saturated heterocycles. The van der Waals surface area contributed by atoms with E-state index in [4.69, 9.17) is 4.42 Å². The topological polar surface area (TPSA) is 59.2 Å². The molecule has 2 aromatic heterocycles. The van der Waals surface area contributed by atoms with E-state index in [1.807, 2.05) is 48.3 Å². The van der Waals surface area contributed by atoms with Crippen LogP contribution in [0.25, 0.3) is 11.5 Å². The van der Waals surface area contributed by atoms with Crippen LogP contribution in [0.5, 0.6) is 0 Å². The minimum absolute atomic E-state index is 0.0154. The molecule has 0 amide bonds. The quantitative estimate of drug-likeness (QED) is 0.617. The van der Waals surface area contributed by atoms with Crippen molar-refractivity contribution >= 4 is 5.78 Å². The molecule has 0 aliphatic heterocycles. The maximum Gasteiger partial charge on any atom is 0.220 e. The smallest absolute Gasteiger partial charge is 0.220 e. The number of pyridine rings is 1. The van der Waals surface area contributed by atoms with Gasteiger partial charge in [-0.3, -0.25) is 14.7 Å². The predicted molar refractivity (Wildman–Crippen MR) is 101 cm³/mol. The molecule has 1 aromatic carbocycles. The van der Waals surface area contributed by atoms with Gasteiger partial charge in [0.2, 0.25) is 5.89 Å². The van der Waals surface area contributed by atoms with Crippen molar-refractivity contribution in [2.24, 2.45) is 0 Å². The van der Waals surface area contributed by atoms with Crippen molar-refractivity contribution in [3.05, 3.63) is 72.4 Å². The molecule has 3 rings (SSSR count). The van der Waals surface area contributed by atoms with Crippen LogP contribution in [0.3, 0.4) is 0 Å². The fourth-order valence-electron chi connectivity index (χ4n) is 3.02. The number of Topliss-reactive ketones (excluding diaryl/α,β-unsaturated/α-hetero) is 1. The number of carbonyl (C=O) groups is 1. The zero-order chi connectivity index (χ0) is 18.4. The molecule has 0 radical (unpaired) electrons. The number of nitrogens with zero attached hydrogens (tertiary/aromatic N) is 3. The number of hydrogen-bond acceptors (Lipinski definition) is 5. The molecule has 134 valence electrons. The largest absolute Gasteiger partial charge is 0.437 e. The fourth-order valence-corrected chi connectivity index (χ4v) is 3.02. The van der Waals surface area contributed by atoms with Crippen molar-refractivity contribution in [1.29, 1.82) is 0 Å². The first kappa shape index (κ1) is 18.0. The molecule has 5 heteroatoms. The number of likely N-dealkylation sites (N-methyl/N-ethyl adjacent to an activating group) is 1. The number of aromatic nitrogens is 2. The second-order valence-electron chi connectivity index (χ2n) is 6.36. The molecule has 5 nitrogen and oxygen atoms in total. The first-order valence-electron chi connectivity index (χ1n) is 8.77. The van der Waals surface area contributed by atoms with Crippen LogP contribution in [0.15, 0.2) is 65.3 Å². The third kappa shape index (κ3) is 4.43. The maximum absolute atomic E-state index is 12.2. The maximum atomic E-state index is 12.2. The summed E-state index contributed by atoms with van der Waals surface area (Å²) in [4.78, 5) is 22.8. The van der Waals surface area contributed by atoms with Gasteiger partial charge in [-0.1, -0.05) is 36.4 Å². The van der Waals surface area contributed by atoms with Gasteiger partial charge >= 0.3 is 0 Å². The second-order valence-corrected chi connectivity index (χ2v) is 6.36. The van der Waals surface area contributed by atoms with Crippen molar-refractivity contribution in [3.63, 3.8) is 0 Å². The van der Waals surface area contributed by atoms with Crippen LogP contribution < -0.4 is 0 Å². The number of hydrogen-bond donors (Lipinski definition) is 0. The lowest BCUT2D eigenvalue weighted by Gasteiger charge is -2.23. The molecule has 1 unspecified atom stereocenters. The Morgan fingerprint density at radius 2 is 1.88 bits per heavy atom. The molecule has 2 heterocycles. The van der Waals surface area contributed by atoms with E-state index in [1.165, 1.54) is 5.56 Å². The van der Waals surface area contributed by atoms with Gasteiger partial charge in [-0.25, -0.2) is 4.98 Å². The number of oxazole rings is 1. The van der Waals surface area contributed by atoms with Crippen LogP contribution >= 0.6 is 0 Å². The summed E-state index contributed by atoms with van der Waals surface area (Å²) in [5, 5.41) is 0. The van der Waals surface area contributed by atoms with Gasteiger partial charge < -0.3 is 4.42 Å². The Kier molecular flexibility index (Phi) is 5.92. The van der Waals surface area contributed by atoms with Crippen LogP contribution in [0.4, 0.5) is 0 Å². The summed E-state index contributed by atoms with van der Waals surface area (Å²) in [5.41, 5.74) is 2.01. The van der Waals surface area contributed by atoms with E-state index in [9.17, 15) is 4.79 Å². The third-order valence-corrected chi connectivity index (χ3v) is 4.32. The molecule has 3 aromatic rings. The van der Waals surface area contributed by atoms with E-state index < -0.39 is 6.04 Å².